The van der Waals surface area contributed by atoms with Crippen molar-refractivity contribution in [3.8, 4) is 6.07 Å². The fourth-order valence-corrected chi connectivity index (χ4v) is 3.69. The van der Waals surface area contributed by atoms with E-state index in [0.29, 0.717) is 10.6 Å². The Morgan fingerprint density at radius 2 is 1.75 bits per heavy atom. The molecule has 0 unspecified atom stereocenters. The van der Waals surface area contributed by atoms with E-state index in [-0.39, 0.29) is 10.6 Å². The van der Waals surface area contributed by atoms with Crippen molar-refractivity contribution >= 4 is 39.3 Å². The maximum atomic E-state index is 12.0. The maximum Gasteiger partial charge on any atom is 0.321 e. The lowest BCUT2D eigenvalue weighted by Gasteiger charge is -2.10. The van der Waals surface area contributed by atoms with Gasteiger partial charge in [-0.15, -0.1) is 11.8 Å². The van der Waals surface area contributed by atoms with E-state index in [1.807, 2.05) is 6.07 Å². The van der Waals surface area contributed by atoms with Crippen LogP contribution >= 0.6 is 11.8 Å². The first kappa shape index (κ1) is 21.4. The Bertz CT molecular complexity index is 972. The summed E-state index contributed by atoms with van der Waals surface area (Å²) in [7, 11) is -3.84. The molecule has 0 heterocycles. The molecule has 146 valence electrons. The number of nitrogens with one attached hydrogen (secondary N) is 2. The molecule has 0 radical (unpaired) electrons. The van der Waals surface area contributed by atoms with E-state index in [4.69, 9.17) is 10.00 Å². The van der Waals surface area contributed by atoms with Crippen molar-refractivity contribution in [1.29, 1.82) is 5.26 Å². The van der Waals surface area contributed by atoms with Gasteiger partial charge in [0.05, 0.1) is 22.4 Å². The largest absolute Gasteiger partial charge is 0.455 e. The predicted octanol–water partition coefficient (Wildman–Crippen LogP) is 1.76. The first-order chi connectivity index (χ1) is 13.4. The second-order valence-electron chi connectivity index (χ2n) is 5.29. The van der Waals surface area contributed by atoms with Crippen molar-refractivity contribution in [2.45, 2.75) is 9.79 Å². The number of rotatable bonds is 9. The number of sulfonamides is 1. The minimum absolute atomic E-state index is 0.0204. The lowest BCUT2D eigenvalue weighted by atomic mass is 10.3. The minimum atomic E-state index is -3.84. The summed E-state index contributed by atoms with van der Waals surface area (Å²) < 4.78 is 30.9. The lowest BCUT2D eigenvalue weighted by molar-refractivity contribution is -0.146. The van der Waals surface area contributed by atoms with Crippen LogP contribution in [0.1, 0.15) is 0 Å². The Morgan fingerprint density at radius 3 is 2.46 bits per heavy atom. The molecule has 0 fully saturated rings. The average Bonchev–Trinajstić information content (AvgIpc) is 2.71. The number of anilines is 1. The second kappa shape index (κ2) is 10.5. The molecule has 2 aromatic carbocycles. The van der Waals surface area contributed by atoms with Gasteiger partial charge in [-0.1, -0.05) is 30.3 Å². The molecule has 0 spiro atoms. The highest BCUT2D eigenvalue weighted by Gasteiger charge is 2.16. The van der Waals surface area contributed by atoms with E-state index in [2.05, 4.69) is 10.0 Å². The van der Waals surface area contributed by atoms with Crippen LogP contribution in [0, 0.1) is 11.3 Å². The van der Waals surface area contributed by atoms with Crippen molar-refractivity contribution in [2.24, 2.45) is 0 Å². The molecular weight excluding hydrogens is 402 g/mol. The van der Waals surface area contributed by atoms with Gasteiger partial charge in [0, 0.05) is 4.90 Å². The lowest BCUT2D eigenvalue weighted by Crippen LogP contribution is -2.32. The van der Waals surface area contributed by atoms with Gasteiger partial charge in [-0.3, -0.25) is 9.59 Å². The average molecular weight is 419 g/mol. The summed E-state index contributed by atoms with van der Waals surface area (Å²) in [5.41, 5.74) is 0.494. The van der Waals surface area contributed by atoms with Gasteiger partial charge < -0.3 is 10.1 Å². The second-order valence-corrected chi connectivity index (χ2v) is 8.07. The van der Waals surface area contributed by atoms with Crippen molar-refractivity contribution < 1.29 is 22.7 Å². The Hall–Kier alpha value is -2.87. The van der Waals surface area contributed by atoms with E-state index >= 15 is 0 Å². The summed E-state index contributed by atoms with van der Waals surface area (Å²) in [5.74, 6) is -1.24. The highest BCUT2D eigenvalue weighted by Crippen LogP contribution is 2.26. The van der Waals surface area contributed by atoms with E-state index in [9.17, 15) is 18.0 Å². The predicted molar refractivity (Wildman–Crippen MR) is 104 cm³/mol. The monoisotopic (exact) mass is 419 g/mol. The third kappa shape index (κ3) is 6.70. The van der Waals surface area contributed by atoms with Crippen LogP contribution in [0.2, 0.25) is 0 Å². The van der Waals surface area contributed by atoms with Crippen LogP contribution in [0.4, 0.5) is 5.69 Å². The summed E-state index contributed by atoms with van der Waals surface area (Å²) >= 11 is 1.26. The molecule has 0 saturated carbocycles. The van der Waals surface area contributed by atoms with Gasteiger partial charge in [-0.2, -0.15) is 9.98 Å². The number of ether oxygens (including phenoxy) is 1. The van der Waals surface area contributed by atoms with Crippen molar-refractivity contribution in [1.82, 2.24) is 4.72 Å². The number of nitrogens with zero attached hydrogens (tertiary/aromatic N) is 1. The number of carbonyl (C=O) groups excluding carboxylic acids is 2. The van der Waals surface area contributed by atoms with E-state index in [1.54, 1.807) is 42.5 Å². The molecule has 0 atom stereocenters. The number of esters is 1. The number of nitriles is 1. The van der Waals surface area contributed by atoms with Gasteiger partial charge in [-0.05, 0) is 24.3 Å². The molecule has 2 rings (SSSR count). The summed E-state index contributed by atoms with van der Waals surface area (Å²) in [6.07, 6.45) is 0. The molecule has 1 amide bonds. The normalized spacial score (nSPS) is 10.7. The van der Waals surface area contributed by atoms with Crippen LogP contribution in [0.25, 0.3) is 0 Å². The van der Waals surface area contributed by atoms with Crippen molar-refractivity contribution in [2.75, 3.05) is 24.2 Å². The summed E-state index contributed by atoms with van der Waals surface area (Å²) in [6, 6.07) is 16.5. The van der Waals surface area contributed by atoms with E-state index < -0.39 is 35.1 Å². The molecule has 2 N–H and O–H groups in total. The molecule has 0 aliphatic heterocycles. The Kier molecular flexibility index (Phi) is 8.01. The number of hydrogen-bond acceptors (Lipinski definition) is 7. The van der Waals surface area contributed by atoms with Gasteiger partial charge in [0.25, 0.3) is 5.91 Å². The van der Waals surface area contributed by atoms with Crippen LogP contribution in [0.15, 0.2) is 64.4 Å². The van der Waals surface area contributed by atoms with Crippen LogP contribution in [0.5, 0.6) is 0 Å². The zero-order valence-electron chi connectivity index (χ0n) is 14.6. The number of hydrogen-bond donors (Lipinski definition) is 2. The zero-order valence-corrected chi connectivity index (χ0v) is 16.3. The summed E-state index contributed by atoms with van der Waals surface area (Å²) in [4.78, 5) is 24.4. The fraction of sp³-hybridized carbons (Fsp3) is 0.167. The van der Waals surface area contributed by atoms with Gasteiger partial charge in [-0.25, -0.2) is 8.42 Å². The quantitative estimate of drug-likeness (QED) is 0.468. The zero-order chi connectivity index (χ0) is 20.4. The number of carbonyl (C=O) groups is 2. The molecule has 2 aromatic rings. The first-order valence-electron chi connectivity index (χ1n) is 8.01. The minimum Gasteiger partial charge on any atom is -0.455 e. The molecule has 28 heavy (non-hydrogen) atoms. The van der Waals surface area contributed by atoms with Crippen molar-refractivity contribution in [3.05, 3.63) is 54.6 Å². The Balaban J connectivity index is 1.82. The third-order valence-electron chi connectivity index (χ3n) is 3.28. The van der Waals surface area contributed by atoms with E-state index in [0.717, 1.165) is 0 Å². The topological polar surface area (TPSA) is 125 Å². The van der Waals surface area contributed by atoms with E-state index in [1.165, 1.54) is 23.9 Å². The van der Waals surface area contributed by atoms with Gasteiger partial charge in [0.2, 0.25) is 10.0 Å². The maximum absolute atomic E-state index is 12.0. The number of benzene rings is 2. The fourth-order valence-electron chi connectivity index (χ4n) is 2.03. The van der Waals surface area contributed by atoms with Crippen molar-refractivity contribution in [3.63, 3.8) is 0 Å². The standard InChI is InChI=1S/C18H17N3O5S2/c19-10-11-27-16-9-5-4-8-15(16)21-17(22)13-26-18(23)12-20-28(24,25)14-6-2-1-3-7-14/h1-9,20H,11-13H2,(H,21,22). The molecule has 0 aliphatic rings. The highest BCUT2D eigenvalue weighted by molar-refractivity contribution is 7.99. The van der Waals surface area contributed by atoms with Gasteiger partial charge in [0.1, 0.15) is 6.54 Å². The number of thioether (sulfide) groups is 1. The molecule has 0 saturated heterocycles. The molecular formula is C18H17N3O5S2. The summed E-state index contributed by atoms with van der Waals surface area (Å²) in [6.45, 7) is -1.16. The van der Waals surface area contributed by atoms with Crippen LogP contribution in [-0.2, 0) is 24.3 Å². The molecule has 8 nitrogen and oxygen atoms in total. The van der Waals surface area contributed by atoms with Gasteiger partial charge >= 0.3 is 5.97 Å². The third-order valence-corrected chi connectivity index (χ3v) is 5.64. The number of amides is 1. The number of para-hydroxylation sites is 1. The molecule has 0 bridgehead atoms. The molecule has 10 heteroatoms. The van der Waals surface area contributed by atoms with Gasteiger partial charge in [0.15, 0.2) is 6.61 Å². The molecule has 0 aromatic heterocycles. The molecule has 0 aliphatic carbocycles. The van der Waals surface area contributed by atoms with Crippen LogP contribution in [0.3, 0.4) is 0 Å². The highest BCUT2D eigenvalue weighted by atomic mass is 32.2. The first-order valence-corrected chi connectivity index (χ1v) is 10.5. The smallest absolute Gasteiger partial charge is 0.321 e. The van der Waals surface area contributed by atoms with Crippen LogP contribution < -0.4 is 10.0 Å². The SMILES string of the molecule is N#CCSc1ccccc1NC(=O)COC(=O)CNS(=O)(=O)c1ccccc1. The summed E-state index contributed by atoms with van der Waals surface area (Å²) in [5, 5.41) is 11.2. The van der Waals surface area contributed by atoms with Crippen LogP contribution in [-0.4, -0.2) is 39.2 Å². The Labute approximate surface area is 166 Å². The Morgan fingerprint density at radius 1 is 1.07 bits per heavy atom.